The Kier molecular flexibility index (Phi) is 8.77. The molecule has 0 aromatic rings. The van der Waals surface area contributed by atoms with Gasteiger partial charge in [0.25, 0.3) is 0 Å². The van der Waals surface area contributed by atoms with E-state index in [1.54, 1.807) is 0 Å². The first-order valence-corrected chi connectivity index (χ1v) is 6.76. The van der Waals surface area contributed by atoms with Gasteiger partial charge in [-0.25, -0.2) is 0 Å². The van der Waals surface area contributed by atoms with Gasteiger partial charge in [0, 0.05) is 10.7 Å². The molecule has 0 fully saturated rings. The van der Waals surface area contributed by atoms with Crippen LogP contribution in [0, 0.1) is 0 Å². The van der Waals surface area contributed by atoms with Crippen molar-refractivity contribution in [1.29, 1.82) is 0 Å². The van der Waals surface area contributed by atoms with Gasteiger partial charge in [-0.05, 0) is 13.3 Å². The molecule has 0 heterocycles. The van der Waals surface area contributed by atoms with Gasteiger partial charge in [0.1, 0.15) is 0 Å². The SMILES string of the molecule is CCC(C)(CBr)OCCOCCBr. The van der Waals surface area contributed by atoms with Gasteiger partial charge < -0.3 is 9.47 Å². The molecule has 0 bridgehead atoms. The van der Waals surface area contributed by atoms with Gasteiger partial charge in [-0.15, -0.1) is 0 Å². The fourth-order valence-electron chi connectivity index (χ4n) is 0.739. The molecule has 0 aromatic heterocycles. The zero-order valence-corrected chi connectivity index (χ0v) is 11.5. The molecule has 0 amide bonds. The fraction of sp³-hybridized carbons (Fsp3) is 1.00. The maximum Gasteiger partial charge on any atom is 0.0749 e. The monoisotopic (exact) mass is 316 g/mol. The predicted octanol–water partition coefficient (Wildman–Crippen LogP) is 2.98. The van der Waals surface area contributed by atoms with Crippen molar-refractivity contribution in [2.45, 2.75) is 25.9 Å². The molecule has 0 aliphatic carbocycles. The van der Waals surface area contributed by atoms with Gasteiger partial charge in [0.15, 0.2) is 0 Å². The van der Waals surface area contributed by atoms with Crippen LogP contribution in [0.15, 0.2) is 0 Å². The minimum atomic E-state index is -0.0439. The van der Waals surface area contributed by atoms with E-state index in [0.29, 0.717) is 13.2 Å². The van der Waals surface area contributed by atoms with Crippen molar-refractivity contribution in [1.82, 2.24) is 0 Å². The molecule has 0 rings (SSSR count). The van der Waals surface area contributed by atoms with Crippen LogP contribution in [-0.4, -0.2) is 36.1 Å². The molecule has 2 nitrogen and oxygen atoms in total. The number of halogens is 2. The molecule has 13 heavy (non-hydrogen) atoms. The van der Waals surface area contributed by atoms with E-state index in [4.69, 9.17) is 9.47 Å². The topological polar surface area (TPSA) is 18.5 Å². The summed E-state index contributed by atoms with van der Waals surface area (Å²) in [6.45, 7) is 6.32. The first kappa shape index (κ1) is 13.9. The van der Waals surface area contributed by atoms with Crippen molar-refractivity contribution in [3.8, 4) is 0 Å². The van der Waals surface area contributed by atoms with E-state index >= 15 is 0 Å². The maximum absolute atomic E-state index is 5.69. The molecule has 80 valence electrons. The van der Waals surface area contributed by atoms with Crippen molar-refractivity contribution >= 4 is 31.9 Å². The Bertz CT molecular complexity index is 116. The van der Waals surface area contributed by atoms with Crippen molar-refractivity contribution in [2.24, 2.45) is 0 Å². The number of hydrogen-bond acceptors (Lipinski definition) is 2. The fourth-order valence-corrected chi connectivity index (χ4v) is 1.53. The van der Waals surface area contributed by atoms with Crippen molar-refractivity contribution in [3.63, 3.8) is 0 Å². The third kappa shape index (κ3) is 6.89. The van der Waals surface area contributed by atoms with Crippen LogP contribution in [0.2, 0.25) is 0 Å². The summed E-state index contributed by atoms with van der Waals surface area (Å²) in [5.41, 5.74) is -0.0439. The summed E-state index contributed by atoms with van der Waals surface area (Å²) < 4.78 is 11.0. The number of rotatable bonds is 8. The van der Waals surface area contributed by atoms with Crippen molar-refractivity contribution < 1.29 is 9.47 Å². The first-order chi connectivity index (χ1) is 6.18. The highest BCUT2D eigenvalue weighted by Gasteiger charge is 2.20. The average molecular weight is 318 g/mol. The first-order valence-electron chi connectivity index (χ1n) is 4.52. The Morgan fingerprint density at radius 3 is 2.31 bits per heavy atom. The standard InChI is InChI=1S/C9H18Br2O2/c1-3-9(2,8-11)13-7-6-12-5-4-10/h3-8H2,1-2H3. The van der Waals surface area contributed by atoms with Gasteiger partial charge in [-0.2, -0.15) is 0 Å². The minimum absolute atomic E-state index is 0.0439. The smallest absolute Gasteiger partial charge is 0.0749 e. The largest absolute Gasteiger partial charge is 0.378 e. The van der Waals surface area contributed by atoms with E-state index in [-0.39, 0.29) is 5.60 Å². The van der Waals surface area contributed by atoms with E-state index < -0.39 is 0 Å². The zero-order valence-electron chi connectivity index (χ0n) is 8.32. The van der Waals surface area contributed by atoms with Crippen LogP contribution in [0.5, 0.6) is 0 Å². The average Bonchev–Trinajstić information content (AvgIpc) is 2.17. The van der Waals surface area contributed by atoms with Crippen LogP contribution in [0.25, 0.3) is 0 Å². The quantitative estimate of drug-likeness (QED) is 0.506. The Hall–Kier alpha value is 0.880. The van der Waals surface area contributed by atoms with Gasteiger partial charge in [0.05, 0.1) is 25.4 Å². The van der Waals surface area contributed by atoms with E-state index in [0.717, 1.165) is 23.7 Å². The molecule has 1 unspecified atom stereocenters. The lowest BCUT2D eigenvalue weighted by Gasteiger charge is -2.26. The second kappa shape index (κ2) is 8.21. The molecular formula is C9H18Br2O2. The molecule has 0 spiro atoms. The van der Waals surface area contributed by atoms with Crippen molar-refractivity contribution in [3.05, 3.63) is 0 Å². The highest BCUT2D eigenvalue weighted by Crippen LogP contribution is 2.17. The highest BCUT2D eigenvalue weighted by molar-refractivity contribution is 9.09. The normalized spacial score (nSPS) is 15.7. The molecule has 0 saturated heterocycles. The summed E-state index contributed by atoms with van der Waals surface area (Å²) in [6.07, 6.45) is 1.01. The lowest BCUT2D eigenvalue weighted by atomic mass is 10.1. The van der Waals surface area contributed by atoms with Crippen LogP contribution >= 0.6 is 31.9 Å². The molecule has 0 saturated carbocycles. The summed E-state index contributed by atoms with van der Waals surface area (Å²) in [7, 11) is 0. The Labute approximate surface area is 97.6 Å². The van der Waals surface area contributed by atoms with E-state index in [1.807, 2.05) is 0 Å². The Morgan fingerprint density at radius 2 is 1.85 bits per heavy atom. The lowest BCUT2D eigenvalue weighted by Crippen LogP contribution is -2.31. The second-order valence-electron chi connectivity index (χ2n) is 3.09. The summed E-state index contributed by atoms with van der Waals surface area (Å²) in [5, 5.41) is 1.76. The summed E-state index contributed by atoms with van der Waals surface area (Å²) in [6, 6.07) is 0. The third-order valence-corrected chi connectivity index (χ3v) is 3.44. The number of hydrogen-bond donors (Lipinski definition) is 0. The molecule has 1 atom stereocenters. The Morgan fingerprint density at radius 1 is 1.15 bits per heavy atom. The van der Waals surface area contributed by atoms with Crippen LogP contribution in [0.1, 0.15) is 20.3 Å². The number of ether oxygens (including phenoxy) is 2. The van der Waals surface area contributed by atoms with Crippen LogP contribution < -0.4 is 0 Å². The third-order valence-electron chi connectivity index (χ3n) is 1.93. The number of alkyl halides is 2. The predicted molar refractivity (Wildman–Crippen MR) is 63.1 cm³/mol. The zero-order chi connectivity index (χ0) is 10.2. The molecule has 4 heteroatoms. The molecular weight excluding hydrogens is 300 g/mol. The summed E-state index contributed by atoms with van der Waals surface area (Å²) >= 11 is 6.74. The molecule has 0 N–H and O–H groups in total. The molecule has 0 radical (unpaired) electrons. The molecule has 0 aromatic carbocycles. The van der Waals surface area contributed by atoms with Gasteiger partial charge in [-0.3, -0.25) is 0 Å². The van der Waals surface area contributed by atoms with E-state index in [2.05, 4.69) is 45.7 Å². The Balaban J connectivity index is 3.39. The summed E-state index contributed by atoms with van der Waals surface area (Å²) in [5.74, 6) is 0. The van der Waals surface area contributed by atoms with Crippen molar-refractivity contribution in [2.75, 3.05) is 30.5 Å². The maximum atomic E-state index is 5.69. The molecule has 0 aliphatic rings. The highest BCUT2D eigenvalue weighted by atomic mass is 79.9. The lowest BCUT2D eigenvalue weighted by molar-refractivity contribution is -0.0421. The van der Waals surface area contributed by atoms with Crippen LogP contribution in [0.3, 0.4) is 0 Å². The van der Waals surface area contributed by atoms with E-state index in [1.165, 1.54) is 0 Å². The van der Waals surface area contributed by atoms with E-state index in [9.17, 15) is 0 Å². The molecule has 0 aliphatic heterocycles. The van der Waals surface area contributed by atoms with Gasteiger partial charge in [-0.1, -0.05) is 38.8 Å². The van der Waals surface area contributed by atoms with Gasteiger partial charge in [0.2, 0.25) is 0 Å². The second-order valence-corrected chi connectivity index (χ2v) is 4.44. The van der Waals surface area contributed by atoms with Crippen LogP contribution in [0.4, 0.5) is 0 Å². The minimum Gasteiger partial charge on any atom is -0.378 e. The van der Waals surface area contributed by atoms with Crippen LogP contribution in [-0.2, 0) is 9.47 Å². The van der Waals surface area contributed by atoms with Gasteiger partial charge >= 0.3 is 0 Å². The summed E-state index contributed by atoms with van der Waals surface area (Å²) in [4.78, 5) is 0.